The summed E-state index contributed by atoms with van der Waals surface area (Å²) in [5.41, 5.74) is 2.95. The Morgan fingerprint density at radius 2 is 2.36 bits per heavy atom. The van der Waals surface area contributed by atoms with E-state index in [4.69, 9.17) is 15.7 Å². The van der Waals surface area contributed by atoms with Crippen molar-refractivity contribution in [2.75, 3.05) is 12.0 Å². The summed E-state index contributed by atoms with van der Waals surface area (Å²) in [6.07, 6.45) is 0. The molecule has 76 valence electrons. The molecule has 0 saturated heterocycles. The van der Waals surface area contributed by atoms with Crippen LogP contribution in [0.1, 0.15) is 17.3 Å². The molecule has 0 atom stereocenters. The van der Waals surface area contributed by atoms with Crippen molar-refractivity contribution in [2.24, 2.45) is 5.84 Å². The van der Waals surface area contributed by atoms with Crippen molar-refractivity contribution < 1.29 is 14.6 Å². The zero-order valence-corrected chi connectivity index (χ0v) is 7.78. The lowest BCUT2D eigenvalue weighted by atomic mass is 10.2. The minimum absolute atomic E-state index is 0.0994. The molecular formula is C9H12N2O3. The number of anilines is 1. The van der Waals surface area contributed by atoms with Gasteiger partial charge < -0.3 is 15.3 Å². The zero-order valence-electron chi connectivity index (χ0n) is 7.78. The predicted octanol–water partition coefficient (Wildman–Crippen LogP) is 1.07. The zero-order chi connectivity index (χ0) is 10.6. The van der Waals surface area contributed by atoms with Gasteiger partial charge in [-0.25, -0.2) is 4.79 Å². The number of aromatic carboxylic acids is 1. The number of nitrogens with two attached hydrogens (primary N) is 1. The lowest BCUT2D eigenvalue weighted by Crippen LogP contribution is -2.11. The Hall–Kier alpha value is -1.75. The van der Waals surface area contributed by atoms with Crippen LogP contribution in [0.2, 0.25) is 0 Å². The van der Waals surface area contributed by atoms with Crippen molar-refractivity contribution in [3.63, 3.8) is 0 Å². The number of hydrazine groups is 1. The third kappa shape index (κ3) is 1.94. The molecule has 5 nitrogen and oxygen atoms in total. The van der Waals surface area contributed by atoms with Crippen molar-refractivity contribution in [1.82, 2.24) is 0 Å². The second kappa shape index (κ2) is 4.48. The van der Waals surface area contributed by atoms with E-state index in [0.717, 1.165) is 0 Å². The third-order valence-electron chi connectivity index (χ3n) is 1.69. The van der Waals surface area contributed by atoms with Crippen LogP contribution >= 0.6 is 0 Å². The molecule has 5 heteroatoms. The van der Waals surface area contributed by atoms with Gasteiger partial charge in [-0.05, 0) is 19.1 Å². The molecule has 0 saturated carbocycles. The van der Waals surface area contributed by atoms with E-state index in [1.165, 1.54) is 6.07 Å². The average Bonchev–Trinajstić information content (AvgIpc) is 2.18. The number of nitrogen functional groups attached to an aromatic ring is 1. The Labute approximate surface area is 81.5 Å². The van der Waals surface area contributed by atoms with Crippen LogP contribution in [0.3, 0.4) is 0 Å². The monoisotopic (exact) mass is 196 g/mol. The minimum atomic E-state index is -1.04. The first-order valence-corrected chi connectivity index (χ1v) is 4.16. The Bertz CT molecular complexity index is 339. The summed E-state index contributed by atoms with van der Waals surface area (Å²) >= 11 is 0. The fourth-order valence-corrected chi connectivity index (χ4v) is 1.12. The van der Waals surface area contributed by atoms with Crippen LogP contribution in [0.4, 0.5) is 5.69 Å². The summed E-state index contributed by atoms with van der Waals surface area (Å²) in [6.45, 7) is 2.16. The largest absolute Gasteiger partial charge is 0.491 e. The van der Waals surface area contributed by atoms with E-state index in [0.29, 0.717) is 12.3 Å². The molecule has 0 bridgehead atoms. The van der Waals surface area contributed by atoms with Gasteiger partial charge >= 0.3 is 5.97 Å². The van der Waals surface area contributed by atoms with Crippen molar-refractivity contribution in [1.29, 1.82) is 0 Å². The number of carboxylic acid groups (broad SMARTS) is 1. The number of ether oxygens (including phenoxy) is 1. The van der Waals surface area contributed by atoms with Crippen LogP contribution < -0.4 is 16.0 Å². The number of hydrogen-bond acceptors (Lipinski definition) is 4. The normalized spacial score (nSPS) is 9.57. The number of para-hydroxylation sites is 1. The lowest BCUT2D eigenvalue weighted by Gasteiger charge is -2.11. The van der Waals surface area contributed by atoms with Crippen molar-refractivity contribution in [3.05, 3.63) is 23.8 Å². The minimum Gasteiger partial charge on any atom is -0.491 e. The van der Waals surface area contributed by atoms with Crippen LogP contribution in [-0.4, -0.2) is 17.7 Å². The van der Waals surface area contributed by atoms with E-state index in [2.05, 4.69) is 5.43 Å². The van der Waals surface area contributed by atoms with Gasteiger partial charge in [-0.3, -0.25) is 5.84 Å². The standard InChI is InChI=1S/C9H12N2O3/c1-2-14-8-6(9(12)13)4-3-5-7(8)11-10/h3-5,11H,2,10H2,1H3,(H,12,13). The van der Waals surface area contributed by atoms with Gasteiger partial charge in [-0.1, -0.05) is 6.07 Å². The van der Waals surface area contributed by atoms with Crippen molar-refractivity contribution in [2.45, 2.75) is 6.92 Å². The SMILES string of the molecule is CCOc1c(NN)cccc1C(=O)O. The van der Waals surface area contributed by atoms with Crippen LogP contribution in [0.5, 0.6) is 5.75 Å². The lowest BCUT2D eigenvalue weighted by molar-refractivity contribution is 0.0692. The highest BCUT2D eigenvalue weighted by Crippen LogP contribution is 2.28. The van der Waals surface area contributed by atoms with Gasteiger partial charge in [0.2, 0.25) is 0 Å². The third-order valence-corrected chi connectivity index (χ3v) is 1.69. The number of benzene rings is 1. The molecule has 1 aromatic rings. The molecule has 0 heterocycles. The molecule has 0 spiro atoms. The number of rotatable bonds is 4. The van der Waals surface area contributed by atoms with E-state index in [1.54, 1.807) is 19.1 Å². The molecule has 0 amide bonds. The smallest absolute Gasteiger partial charge is 0.339 e. The van der Waals surface area contributed by atoms with Gasteiger partial charge in [0.15, 0.2) is 5.75 Å². The van der Waals surface area contributed by atoms with Crippen LogP contribution in [0, 0.1) is 0 Å². The second-order valence-electron chi connectivity index (χ2n) is 2.56. The van der Waals surface area contributed by atoms with E-state index in [1.807, 2.05) is 0 Å². The highest BCUT2D eigenvalue weighted by Gasteiger charge is 2.14. The first-order chi connectivity index (χ1) is 6.70. The summed E-state index contributed by atoms with van der Waals surface area (Å²) < 4.78 is 5.20. The van der Waals surface area contributed by atoms with E-state index >= 15 is 0 Å². The first kappa shape index (κ1) is 10.3. The fraction of sp³-hybridized carbons (Fsp3) is 0.222. The molecule has 0 aliphatic heterocycles. The van der Waals surface area contributed by atoms with Gasteiger partial charge in [0.05, 0.1) is 12.3 Å². The molecule has 0 radical (unpaired) electrons. The Kier molecular flexibility index (Phi) is 3.30. The predicted molar refractivity (Wildman–Crippen MR) is 52.4 cm³/mol. The molecular weight excluding hydrogens is 184 g/mol. The van der Waals surface area contributed by atoms with Gasteiger partial charge in [0.1, 0.15) is 5.56 Å². The first-order valence-electron chi connectivity index (χ1n) is 4.16. The molecule has 4 N–H and O–H groups in total. The molecule has 1 rings (SSSR count). The van der Waals surface area contributed by atoms with Crippen molar-refractivity contribution in [3.8, 4) is 5.75 Å². The highest BCUT2D eigenvalue weighted by molar-refractivity contribution is 5.93. The molecule has 0 fully saturated rings. The van der Waals surface area contributed by atoms with E-state index in [9.17, 15) is 4.79 Å². The molecule has 1 aromatic carbocycles. The Balaban J connectivity index is 3.20. The van der Waals surface area contributed by atoms with E-state index < -0.39 is 5.97 Å². The molecule has 0 aliphatic carbocycles. The van der Waals surface area contributed by atoms with Crippen LogP contribution in [0.25, 0.3) is 0 Å². The van der Waals surface area contributed by atoms with Gasteiger partial charge in [-0.2, -0.15) is 0 Å². The molecule has 0 unspecified atom stereocenters. The number of nitrogens with one attached hydrogen (secondary N) is 1. The van der Waals surface area contributed by atoms with Crippen LogP contribution in [-0.2, 0) is 0 Å². The molecule has 14 heavy (non-hydrogen) atoms. The van der Waals surface area contributed by atoms with Gasteiger partial charge in [0.25, 0.3) is 0 Å². The van der Waals surface area contributed by atoms with Gasteiger partial charge in [0, 0.05) is 0 Å². The second-order valence-corrected chi connectivity index (χ2v) is 2.56. The topological polar surface area (TPSA) is 84.6 Å². The maximum atomic E-state index is 10.8. The highest BCUT2D eigenvalue weighted by atomic mass is 16.5. The molecule has 0 aliphatic rings. The number of hydrogen-bond donors (Lipinski definition) is 3. The summed E-state index contributed by atoms with van der Waals surface area (Å²) in [4.78, 5) is 10.8. The fourth-order valence-electron chi connectivity index (χ4n) is 1.12. The van der Waals surface area contributed by atoms with E-state index in [-0.39, 0.29) is 11.3 Å². The molecule has 0 aromatic heterocycles. The summed E-state index contributed by atoms with van der Waals surface area (Å²) in [5, 5.41) is 8.86. The summed E-state index contributed by atoms with van der Waals surface area (Å²) in [6, 6.07) is 4.72. The Morgan fingerprint density at radius 1 is 1.64 bits per heavy atom. The Morgan fingerprint density at radius 3 is 2.86 bits per heavy atom. The van der Waals surface area contributed by atoms with Gasteiger partial charge in [-0.15, -0.1) is 0 Å². The average molecular weight is 196 g/mol. The van der Waals surface area contributed by atoms with Crippen molar-refractivity contribution >= 4 is 11.7 Å². The maximum absolute atomic E-state index is 10.8. The maximum Gasteiger partial charge on any atom is 0.339 e. The summed E-state index contributed by atoms with van der Waals surface area (Å²) in [5.74, 6) is 4.46. The number of carbonyl (C=O) groups is 1. The summed E-state index contributed by atoms with van der Waals surface area (Å²) in [7, 11) is 0. The number of carboxylic acids is 1. The quantitative estimate of drug-likeness (QED) is 0.495. The van der Waals surface area contributed by atoms with Crippen LogP contribution in [0.15, 0.2) is 18.2 Å².